The van der Waals surface area contributed by atoms with Crippen LogP contribution in [0.1, 0.15) is 1.43 Å². The van der Waals surface area contributed by atoms with Crippen molar-refractivity contribution in [3.8, 4) is 0 Å². The number of carboxylic acids is 1. The molecule has 0 bridgehead atoms. The van der Waals surface area contributed by atoms with Crippen LogP contribution in [-0.4, -0.2) is 62.2 Å². The first-order chi connectivity index (χ1) is 5.95. The molecule has 0 unspecified atom stereocenters. The number of aliphatic carboxylic acids is 1. The van der Waals surface area contributed by atoms with E-state index in [1.165, 1.54) is 0 Å². The number of ether oxygens (including phenoxy) is 1. The Hall–Kier alpha value is 0.270. The number of hydrogen-bond acceptors (Lipinski definition) is 6. The maximum atomic E-state index is 10.4. The van der Waals surface area contributed by atoms with Crippen molar-refractivity contribution in [2.24, 2.45) is 0 Å². The molecule has 0 aliphatic carbocycles. The molecule has 5 N–H and O–H groups in total. The second-order valence-corrected chi connectivity index (χ2v) is 2.76. The van der Waals surface area contributed by atoms with Gasteiger partial charge in [-0.2, -0.15) is 0 Å². The van der Waals surface area contributed by atoms with Crippen molar-refractivity contribution in [1.29, 1.82) is 0 Å². The van der Waals surface area contributed by atoms with E-state index in [0.717, 1.165) is 0 Å². The van der Waals surface area contributed by atoms with Crippen LogP contribution < -0.4 is 29.6 Å². The summed E-state index contributed by atoms with van der Waals surface area (Å²) in [7, 11) is 0. The summed E-state index contributed by atoms with van der Waals surface area (Å²) < 4.78 is 4.34. The second-order valence-electron chi connectivity index (χ2n) is 2.76. The Morgan fingerprint density at radius 3 is 2.00 bits per heavy atom. The van der Waals surface area contributed by atoms with Gasteiger partial charge in [-0.3, -0.25) is 0 Å². The Labute approximate surface area is 103 Å². The Morgan fingerprint density at radius 2 is 1.57 bits per heavy atom. The van der Waals surface area contributed by atoms with Crippen molar-refractivity contribution in [3.05, 3.63) is 0 Å². The molecule has 78 valence electrons. The van der Waals surface area contributed by atoms with Gasteiger partial charge in [-0.1, -0.05) is 0 Å². The molecule has 7 nitrogen and oxygen atoms in total. The van der Waals surface area contributed by atoms with Crippen LogP contribution >= 0.6 is 0 Å². The van der Waals surface area contributed by atoms with Crippen LogP contribution in [0.4, 0.5) is 0 Å². The molecule has 1 aliphatic rings. The smallest absolute Gasteiger partial charge is 1.00 e. The van der Waals surface area contributed by atoms with E-state index >= 15 is 0 Å². The third kappa shape index (κ3) is 2.65. The van der Waals surface area contributed by atoms with E-state index in [-0.39, 0.29) is 31.0 Å². The molecule has 0 radical (unpaired) electrons. The molecule has 1 rings (SSSR count). The van der Waals surface area contributed by atoms with Crippen LogP contribution in [0.25, 0.3) is 0 Å². The molecular weight excluding hydrogens is 207 g/mol. The summed E-state index contributed by atoms with van der Waals surface area (Å²) in [6, 6.07) is 0. The fourth-order valence-electron chi connectivity index (χ4n) is 1.07. The summed E-state index contributed by atoms with van der Waals surface area (Å²) in [5.74, 6) is -1.52. The number of hydrogen-bond donors (Lipinski definition) is 5. The monoisotopic (exact) mass is 218 g/mol. The maximum absolute atomic E-state index is 10.4. The Kier molecular flexibility index (Phi) is 5.48. The molecule has 1 fully saturated rings. The minimum atomic E-state index is -1.81. The number of carbonyl (C=O) groups is 1. The summed E-state index contributed by atoms with van der Waals surface area (Å²) in [5.41, 5.74) is 0. The van der Waals surface area contributed by atoms with Crippen LogP contribution in [0.15, 0.2) is 0 Å². The normalized spacial score (nSPS) is 42.7. The van der Waals surface area contributed by atoms with Gasteiger partial charge in [0.15, 0.2) is 12.4 Å². The topological polar surface area (TPSA) is 127 Å². The first-order valence-corrected chi connectivity index (χ1v) is 3.55. The molecule has 8 heteroatoms. The molecule has 0 saturated carbocycles. The van der Waals surface area contributed by atoms with Crippen molar-refractivity contribution < 1.29 is 66.0 Å². The fourth-order valence-corrected chi connectivity index (χ4v) is 1.07. The van der Waals surface area contributed by atoms with E-state index in [1.54, 1.807) is 0 Å². The van der Waals surface area contributed by atoms with E-state index in [9.17, 15) is 4.79 Å². The van der Waals surface area contributed by atoms with E-state index < -0.39 is 36.7 Å². The third-order valence-corrected chi connectivity index (χ3v) is 1.83. The Bertz CT molecular complexity index is 216. The van der Waals surface area contributed by atoms with E-state index in [1.807, 2.05) is 0 Å². The van der Waals surface area contributed by atoms with Gasteiger partial charge in [0.1, 0.15) is 18.3 Å². The van der Waals surface area contributed by atoms with Gasteiger partial charge in [-0.15, -0.1) is 0 Å². The molecule has 0 aromatic rings. The summed E-state index contributed by atoms with van der Waals surface area (Å²) in [6.45, 7) is 0. The molecule has 1 saturated heterocycles. The molecule has 14 heavy (non-hydrogen) atoms. The maximum Gasteiger partial charge on any atom is 1.00 e. The van der Waals surface area contributed by atoms with Gasteiger partial charge < -0.3 is 31.7 Å². The van der Waals surface area contributed by atoms with Crippen molar-refractivity contribution >= 4 is 5.97 Å². The summed E-state index contributed by atoms with van der Waals surface area (Å²) in [6.07, 6.45) is -8.72. The minimum Gasteiger partial charge on any atom is -1.00 e. The average molecular weight is 218 g/mol. The molecule has 1 heterocycles. The quantitative estimate of drug-likeness (QED) is 0.277. The van der Waals surface area contributed by atoms with Gasteiger partial charge in [0, 0.05) is 0 Å². The molecule has 1 aliphatic heterocycles. The van der Waals surface area contributed by atoms with Gasteiger partial charge in [0.25, 0.3) is 0 Å². The average Bonchev–Trinajstić information content (AvgIpc) is 2.07. The largest absolute Gasteiger partial charge is 1.00 e. The van der Waals surface area contributed by atoms with Crippen molar-refractivity contribution in [1.82, 2.24) is 0 Å². The Balaban J connectivity index is 0. The molecular formula is C6H11NaO7. The first-order valence-electron chi connectivity index (χ1n) is 3.55. The van der Waals surface area contributed by atoms with Gasteiger partial charge in [-0.25, -0.2) is 4.79 Å². The van der Waals surface area contributed by atoms with Gasteiger partial charge in [0.05, 0.1) is 0 Å². The minimum absolute atomic E-state index is 0. The van der Waals surface area contributed by atoms with Gasteiger partial charge >= 0.3 is 35.5 Å². The van der Waals surface area contributed by atoms with Crippen molar-refractivity contribution in [3.63, 3.8) is 0 Å². The predicted octanol–water partition coefficient (Wildman–Crippen LogP) is -6.01. The number of aliphatic hydroxyl groups excluding tert-OH is 4. The SMILES string of the molecule is O=C(O)[C@H]1O[C@H](O)[C@H](O)[C@@H](O)[C@@H]1O.[H-].[Na+]. The van der Waals surface area contributed by atoms with Crippen molar-refractivity contribution in [2.45, 2.75) is 30.7 Å². The zero-order valence-electron chi connectivity index (χ0n) is 8.44. The summed E-state index contributed by atoms with van der Waals surface area (Å²) in [5, 5.41) is 44.4. The summed E-state index contributed by atoms with van der Waals surface area (Å²) in [4.78, 5) is 10.4. The van der Waals surface area contributed by atoms with Crippen LogP contribution in [-0.2, 0) is 9.53 Å². The molecule has 0 spiro atoms. The van der Waals surface area contributed by atoms with Crippen LogP contribution in [0, 0.1) is 0 Å². The van der Waals surface area contributed by atoms with Gasteiger partial charge in [-0.05, 0) is 0 Å². The molecule has 0 aromatic carbocycles. The second kappa shape index (κ2) is 5.38. The Morgan fingerprint density at radius 1 is 1.07 bits per heavy atom. The molecule has 0 amide bonds. The van der Waals surface area contributed by atoms with E-state index in [0.29, 0.717) is 0 Å². The number of aliphatic hydroxyl groups is 4. The zero-order valence-corrected chi connectivity index (χ0v) is 9.44. The third-order valence-electron chi connectivity index (χ3n) is 1.83. The van der Waals surface area contributed by atoms with Crippen LogP contribution in [0.3, 0.4) is 0 Å². The van der Waals surface area contributed by atoms with E-state index in [2.05, 4.69) is 4.74 Å². The van der Waals surface area contributed by atoms with Gasteiger partial charge in [0.2, 0.25) is 0 Å². The standard InChI is InChI=1S/C6H10O7.Na.H/c7-1-2(8)4(5(10)11)13-6(12)3(1)9;;/h1-4,6-9,12H,(H,10,11);;/q;+1;-1/t1-,2-,3+,4-,6-;;/m0../s1. The summed E-state index contributed by atoms with van der Waals surface area (Å²) >= 11 is 0. The molecule has 5 atom stereocenters. The van der Waals surface area contributed by atoms with Crippen LogP contribution in [0.5, 0.6) is 0 Å². The number of rotatable bonds is 1. The number of carboxylic acid groups (broad SMARTS) is 1. The van der Waals surface area contributed by atoms with Crippen LogP contribution in [0.2, 0.25) is 0 Å². The fraction of sp³-hybridized carbons (Fsp3) is 0.833. The zero-order chi connectivity index (χ0) is 10.2. The molecule has 0 aromatic heterocycles. The first kappa shape index (κ1) is 14.3. The predicted molar refractivity (Wildman–Crippen MR) is 37.6 cm³/mol. The van der Waals surface area contributed by atoms with Crippen molar-refractivity contribution in [2.75, 3.05) is 0 Å². The van der Waals surface area contributed by atoms with E-state index in [4.69, 9.17) is 25.5 Å².